The first-order valence-corrected chi connectivity index (χ1v) is 9.18. The number of carboxylic acid groups (broad SMARTS) is 1. The smallest absolute Gasteiger partial charge is 0.317 e. The molecule has 2 amide bonds. The minimum Gasteiger partial charge on any atom is -0.480 e. The van der Waals surface area contributed by atoms with Gasteiger partial charge in [0.1, 0.15) is 5.82 Å². The Hall–Kier alpha value is -2.15. The third-order valence-electron chi connectivity index (χ3n) is 5.40. The summed E-state index contributed by atoms with van der Waals surface area (Å²) < 4.78 is 13.0. The molecule has 3 N–H and O–H groups in total. The van der Waals surface area contributed by atoms with Crippen LogP contribution in [0.3, 0.4) is 0 Å². The van der Waals surface area contributed by atoms with Gasteiger partial charge in [-0.1, -0.05) is 19.1 Å². The second kappa shape index (κ2) is 7.61. The number of nitrogens with zero attached hydrogens (tertiary/aromatic N) is 1. The first-order valence-electron chi connectivity index (χ1n) is 9.18. The molecule has 2 aliphatic carbocycles. The van der Waals surface area contributed by atoms with Crippen LogP contribution in [-0.4, -0.2) is 52.7 Å². The van der Waals surface area contributed by atoms with Gasteiger partial charge in [0.25, 0.3) is 0 Å². The van der Waals surface area contributed by atoms with Crippen LogP contribution in [0.5, 0.6) is 0 Å². The lowest BCUT2D eigenvalue weighted by molar-refractivity contribution is -0.139. The van der Waals surface area contributed by atoms with Gasteiger partial charge in [-0.25, -0.2) is 9.18 Å². The fraction of sp³-hybridized carbons (Fsp3) is 0.579. The van der Waals surface area contributed by atoms with Gasteiger partial charge in [-0.2, -0.15) is 0 Å². The van der Waals surface area contributed by atoms with Gasteiger partial charge in [0.05, 0.1) is 6.54 Å². The van der Waals surface area contributed by atoms with Crippen molar-refractivity contribution in [2.24, 2.45) is 0 Å². The largest absolute Gasteiger partial charge is 0.480 e. The summed E-state index contributed by atoms with van der Waals surface area (Å²) in [6, 6.07) is 6.53. The number of likely N-dealkylation sites (N-methyl/N-ethyl adjacent to an activating group) is 1. The van der Waals surface area contributed by atoms with E-state index in [2.05, 4.69) is 10.6 Å². The molecule has 0 radical (unpaired) electrons. The second-order valence-electron chi connectivity index (χ2n) is 7.46. The Bertz CT molecular complexity index is 654. The molecule has 2 fully saturated rings. The Morgan fingerprint density at radius 2 is 1.92 bits per heavy atom. The molecule has 1 aromatic rings. The third-order valence-corrected chi connectivity index (χ3v) is 5.40. The van der Waals surface area contributed by atoms with Gasteiger partial charge in [-0.05, 0) is 56.3 Å². The highest BCUT2D eigenvalue weighted by atomic mass is 19.1. The quantitative estimate of drug-likeness (QED) is 0.661. The van der Waals surface area contributed by atoms with Crippen LogP contribution in [0, 0.1) is 5.82 Å². The van der Waals surface area contributed by atoms with Crippen LogP contribution in [0.2, 0.25) is 0 Å². The predicted molar refractivity (Wildman–Crippen MR) is 95.4 cm³/mol. The van der Waals surface area contributed by atoms with E-state index in [1.54, 1.807) is 12.1 Å². The highest BCUT2D eigenvalue weighted by Crippen LogP contribution is 2.38. The lowest BCUT2D eigenvalue weighted by Crippen LogP contribution is -2.57. The fourth-order valence-corrected chi connectivity index (χ4v) is 3.63. The summed E-state index contributed by atoms with van der Waals surface area (Å²) in [7, 11) is 0. The summed E-state index contributed by atoms with van der Waals surface area (Å²) in [6.45, 7) is 2.68. The molecule has 0 atom stereocenters. The molecule has 2 aliphatic rings. The summed E-state index contributed by atoms with van der Waals surface area (Å²) in [6.07, 6.45) is 4.11. The molecule has 26 heavy (non-hydrogen) atoms. The normalized spacial score (nSPS) is 23.2. The standard InChI is InChI=1S/C19H26FN3O3/c1-2-23(12-17(24)25)16-9-15(10-16)21-18(26)22-19(7-8-19)11-13-3-5-14(20)6-4-13/h3-6,15-16H,2,7-12H2,1H3,(H,24,25)(H2,21,22,26). The van der Waals surface area contributed by atoms with Crippen LogP contribution in [0.25, 0.3) is 0 Å². The maximum Gasteiger partial charge on any atom is 0.317 e. The number of carbonyl (C=O) groups excluding carboxylic acids is 1. The monoisotopic (exact) mass is 363 g/mol. The number of nitrogens with one attached hydrogen (secondary N) is 2. The molecule has 0 unspecified atom stereocenters. The summed E-state index contributed by atoms with van der Waals surface area (Å²) in [5.74, 6) is -1.08. The molecule has 0 aromatic heterocycles. The Morgan fingerprint density at radius 1 is 1.27 bits per heavy atom. The number of carboxylic acids is 1. The molecule has 142 valence electrons. The molecule has 1 aromatic carbocycles. The first-order chi connectivity index (χ1) is 12.4. The second-order valence-corrected chi connectivity index (χ2v) is 7.46. The Kier molecular flexibility index (Phi) is 5.46. The minimum absolute atomic E-state index is 0.0425. The molecule has 6 nitrogen and oxygen atoms in total. The van der Waals surface area contributed by atoms with Gasteiger partial charge in [-0.3, -0.25) is 9.69 Å². The van der Waals surface area contributed by atoms with E-state index in [1.165, 1.54) is 12.1 Å². The number of benzene rings is 1. The van der Waals surface area contributed by atoms with E-state index >= 15 is 0 Å². The number of halogens is 1. The fourth-order valence-electron chi connectivity index (χ4n) is 3.63. The van der Waals surface area contributed by atoms with Gasteiger partial charge in [0.2, 0.25) is 0 Å². The van der Waals surface area contributed by atoms with Crippen molar-refractivity contribution >= 4 is 12.0 Å². The molecule has 0 heterocycles. The molecule has 3 rings (SSSR count). The summed E-state index contributed by atoms with van der Waals surface area (Å²) in [4.78, 5) is 25.1. The van der Waals surface area contributed by atoms with E-state index in [0.29, 0.717) is 13.0 Å². The van der Waals surface area contributed by atoms with Crippen LogP contribution >= 0.6 is 0 Å². The Morgan fingerprint density at radius 3 is 2.46 bits per heavy atom. The molecule has 0 aliphatic heterocycles. The number of hydrogen-bond donors (Lipinski definition) is 3. The van der Waals surface area contributed by atoms with Crippen LogP contribution in [0.4, 0.5) is 9.18 Å². The molecule has 0 spiro atoms. The molecule has 7 heteroatoms. The number of amides is 2. The van der Waals surface area contributed by atoms with E-state index in [1.807, 2.05) is 11.8 Å². The zero-order valence-electron chi connectivity index (χ0n) is 15.0. The van der Waals surface area contributed by atoms with Gasteiger partial charge >= 0.3 is 12.0 Å². The van der Waals surface area contributed by atoms with Crippen molar-refractivity contribution in [3.05, 3.63) is 35.6 Å². The van der Waals surface area contributed by atoms with Crippen LogP contribution in [-0.2, 0) is 11.2 Å². The topological polar surface area (TPSA) is 81.7 Å². The van der Waals surface area contributed by atoms with Crippen molar-refractivity contribution in [3.8, 4) is 0 Å². The summed E-state index contributed by atoms with van der Waals surface area (Å²) >= 11 is 0. The maximum atomic E-state index is 13.0. The highest BCUT2D eigenvalue weighted by Gasteiger charge is 2.44. The van der Waals surface area contributed by atoms with Gasteiger partial charge < -0.3 is 15.7 Å². The number of carbonyl (C=O) groups is 2. The van der Waals surface area contributed by atoms with Crippen molar-refractivity contribution in [2.45, 2.75) is 56.7 Å². The lowest BCUT2D eigenvalue weighted by Gasteiger charge is -2.42. The minimum atomic E-state index is -0.822. The van der Waals surface area contributed by atoms with Gasteiger partial charge in [-0.15, -0.1) is 0 Å². The van der Waals surface area contributed by atoms with Crippen LogP contribution < -0.4 is 10.6 Å². The van der Waals surface area contributed by atoms with Crippen molar-refractivity contribution in [3.63, 3.8) is 0 Å². The van der Waals surface area contributed by atoms with E-state index in [4.69, 9.17) is 5.11 Å². The Labute approximate surface area is 152 Å². The molecule has 0 bridgehead atoms. The van der Waals surface area contributed by atoms with E-state index in [-0.39, 0.29) is 36.0 Å². The summed E-state index contributed by atoms with van der Waals surface area (Å²) in [5, 5.41) is 15.0. The SMILES string of the molecule is CCN(CC(=O)O)C1CC(NC(=O)NC2(Cc3ccc(F)cc3)CC2)C1. The highest BCUT2D eigenvalue weighted by molar-refractivity contribution is 5.76. The van der Waals surface area contributed by atoms with Gasteiger partial charge in [0, 0.05) is 17.6 Å². The maximum absolute atomic E-state index is 13.0. The molecular weight excluding hydrogens is 337 g/mol. The van der Waals surface area contributed by atoms with E-state index in [0.717, 1.165) is 31.2 Å². The Balaban J connectivity index is 1.42. The van der Waals surface area contributed by atoms with Crippen LogP contribution in [0.15, 0.2) is 24.3 Å². The zero-order chi connectivity index (χ0) is 18.7. The molecule has 2 saturated carbocycles. The average molecular weight is 363 g/mol. The average Bonchev–Trinajstić information content (AvgIpc) is 3.29. The van der Waals surface area contributed by atoms with E-state index < -0.39 is 5.97 Å². The third kappa shape index (κ3) is 4.72. The van der Waals surface area contributed by atoms with Crippen molar-refractivity contribution in [1.82, 2.24) is 15.5 Å². The predicted octanol–water partition coefficient (Wildman–Crippen LogP) is 2.14. The number of rotatable bonds is 8. The van der Waals surface area contributed by atoms with Crippen LogP contribution in [0.1, 0.15) is 38.2 Å². The number of hydrogen-bond acceptors (Lipinski definition) is 3. The summed E-state index contributed by atoms with van der Waals surface area (Å²) in [5.41, 5.74) is 0.796. The number of aliphatic carboxylic acids is 1. The van der Waals surface area contributed by atoms with Crippen molar-refractivity contribution in [2.75, 3.05) is 13.1 Å². The van der Waals surface area contributed by atoms with E-state index in [9.17, 15) is 14.0 Å². The van der Waals surface area contributed by atoms with Crippen molar-refractivity contribution < 1.29 is 19.1 Å². The zero-order valence-corrected chi connectivity index (χ0v) is 15.0. The first kappa shape index (κ1) is 18.6. The molecular formula is C19H26FN3O3. The molecule has 0 saturated heterocycles. The van der Waals surface area contributed by atoms with Crippen molar-refractivity contribution in [1.29, 1.82) is 0 Å². The lowest BCUT2D eigenvalue weighted by atomic mass is 9.85. The van der Waals surface area contributed by atoms with Gasteiger partial charge in [0.15, 0.2) is 0 Å². The number of urea groups is 1.